The average molecular weight is 298 g/mol. The molecule has 0 aliphatic heterocycles. The van der Waals surface area contributed by atoms with Gasteiger partial charge in [-0.15, -0.1) is 0 Å². The number of fused-ring (bicyclic) bond motifs is 1. The highest BCUT2D eigenvalue weighted by molar-refractivity contribution is 7.99. The first kappa shape index (κ1) is 13.3. The Balaban J connectivity index is 2.01. The molecule has 0 bridgehead atoms. The maximum absolute atomic E-state index is 10.7. The molecule has 104 valence electrons. The number of nitrogens with zero attached hydrogens (tertiary/aromatic N) is 3. The summed E-state index contributed by atoms with van der Waals surface area (Å²) >= 11 is 1.37. The van der Waals surface area contributed by atoms with Gasteiger partial charge in [0.2, 0.25) is 0 Å². The van der Waals surface area contributed by atoms with E-state index < -0.39 is 4.92 Å². The van der Waals surface area contributed by atoms with Crippen molar-refractivity contribution in [1.82, 2.24) is 9.97 Å². The van der Waals surface area contributed by atoms with Crippen molar-refractivity contribution in [3.8, 4) is 0 Å². The molecule has 3 rings (SSSR count). The lowest BCUT2D eigenvalue weighted by atomic mass is 10.2. The lowest BCUT2D eigenvalue weighted by Crippen LogP contribution is -1.94. The molecule has 0 aliphatic rings. The van der Waals surface area contributed by atoms with Gasteiger partial charge in [0.05, 0.1) is 16.1 Å². The van der Waals surface area contributed by atoms with E-state index in [-0.39, 0.29) is 5.69 Å². The second-order valence-corrected chi connectivity index (χ2v) is 5.31. The molecule has 2 N–H and O–H groups in total. The molecule has 0 amide bonds. The SMILES string of the molecule is Nc1cc([N+](=O)[O-])ccc1Sc1ncnc2ccccc12. The number of rotatable bonds is 3. The predicted molar refractivity (Wildman–Crippen MR) is 81.2 cm³/mol. The van der Waals surface area contributed by atoms with Crippen molar-refractivity contribution in [3.05, 3.63) is 58.9 Å². The lowest BCUT2D eigenvalue weighted by Gasteiger charge is -2.06. The van der Waals surface area contributed by atoms with E-state index in [1.807, 2.05) is 24.3 Å². The fraction of sp³-hybridized carbons (Fsp3) is 0. The molecule has 1 aromatic heterocycles. The van der Waals surface area contributed by atoms with Crippen molar-refractivity contribution in [2.24, 2.45) is 0 Å². The topological polar surface area (TPSA) is 94.9 Å². The van der Waals surface area contributed by atoms with E-state index in [0.717, 1.165) is 20.8 Å². The zero-order valence-corrected chi connectivity index (χ0v) is 11.6. The van der Waals surface area contributed by atoms with Gasteiger partial charge in [0.1, 0.15) is 11.4 Å². The molecular formula is C14H10N4O2S. The van der Waals surface area contributed by atoms with E-state index in [2.05, 4.69) is 9.97 Å². The largest absolute Gasteiger partial charge is 0.398 e. The Labute approximate surface area is 124 Å². The summed E-state index contributed by atoms with van der Waals surface area (Å²) in [5.41, 5.74) is 7.06. The first-order valence-electron chi connectivity index (χ1n) is 6.06. The maximum atomic E-state index is 10.7. The minimum absolute atomic E-state index is 0.0237. The Kier molecular flexibility index (Phi) is 3.41. The summed E-state index contributed by atoms with van der Waals surface area (Å²) in [5.74, 6) is 0. The summed E-state index contributed by atoms with van der Waals surface area (Å²) in [6.07, 6.45) is 1.49. The Hall–Kier alpha value is -2.67. The number of nitrogen functional groups attached to an aromatic ring is 1. The van der Waals surface area contributed by atoms with E-state index in [1.54, 1.807) is 6.07 Å². The predicted octanol–water partition coefficient (Wildman–Crippen LogP) is 3.27. The molecule has 0 fully saturated rings. The number of non-ortho nitro benzene ring substituents is 1. The summed E-state index contributed by atoms with van der Waals surface area (Å²) in [6.45, 7) is 0. The zero-order valence-electron chi connectivity index (χ0n) is 10.8. The van der Waals surface area contributed by atoms with E-state index >= 15 is 0 Å². The minimum atomic E-state index is -0.467. The highest BCUT2D eigenvalue weighted by atomic mass is 32.2. The summed E-state index contributed by atoms with van der Waals surface area (Å²) in [5, 5.41) is 12.4. The van der Waals surface area contributed by atoms with Crippen LogP contribution in [-0.4, -0.2) is 14.9 Å². The van der Waals surface area contributed by atoms with Crippen LogP contribution in [0.5, 0.6) is 0 Å². The van der Waals surface area contributed by atoms with Crippen molar-refractivity contribution in [1.29, 1.82) is 0 Å². The number of hydrogen-bond donors (Lipinski definition) is 1. The number of hydrogen-bond acceptors (Lipinski definition) is 6. The van der Waals surface area contributed by atoms with Crippen LogP contribution in [0.1, 0.15) is 0 Å². The monoisotopic (exact) mass is 298 g/mol. The van der Waals surface area contributed by atoms with Crippen molar-refractivity contribution in [3.63, 3.8) is 0 Å². The third-order valence-corrected chi connectivity index (χ3v) is 4.03. The van der Waals surface area contributed by atoms with E-state index in [9.17, 15) is 10.1 Å². The molecule has 21 heavy (non-hydrogen) atoms. The van der Waals surface area contributed by atoms with Crippen LogP contribution in [0.2, 0.25) is 0 Å². The first-order valence-corrected chi connectivity index (χ1v) is 6.88. The molecule has 0 saturated carbocycles. The van der Waals surface area contributed by atoms with Gasteiger partial charge < -0.3 is 5.73 Å². The van der Waals surface area contributed by atoms with Gasteiger partial charge in [0.25, 0.3) is 5.69 Å². The molecule has 0 aliphatic carbocycles. The van der Waals surface area contributed by atoms with Crippen LogP contribution in [0.4, 0.5) is 11.4 Å². The molecule has 3 aromatic rings. The molecule has 7 heteroatoms. The van der Waals surface area contributed by atoms with Gasteiger partial charge in [0, 0.05) is 22.4 Å². The molecule has 2 aromatic carbocycles. The fourth-order valence-electron chi connectivity index (χ4n) is 1.91. The van der Waals surface area contributed by atoms with E-state index in [1.165, 1.54) is 30.2 Å². The fourth-order valence-corrected chi connectivity index (χ4v) is 2.81. The standard InChI is InChI=1S/C14H10N4O2S/c15-11-7-9(18(19)20)5-6-13(11)21-14-10-3-1-2-4-12(10)16-8-17-14/h1-8H,15H2. The smallest absolute Gasteiger partial charge is 0.271 e. The quantitative estimate of drug-likeness (QED) is 0.345. The molecular weight excluding hydrogens is 288 g/mol. The van der Waals surface area contributed by atoms with Crippen LogP contribution in [-0.2, 0) is 0 Å². The summed E-state index contributed by atoms with van der Waals surface area (Å²) in [6, 6.07) is 12.1. The molecule has 0 saturated heterocycles. The van der Waals surface area contributed by atoms with Gasteiger partial charge in [0.15, 0.2) is 0 Å². The van der Waals surface area contributed by atoms with Crippen LogP contribution in [0.15, 0.2) is 58.7 Å². The van der Waals surface area contributed by atoms with E-state index in [0.29, 0.717) is 5.69 Å². The number of nitrogens with two attached hydrogens (primary N) is 1. The number of para-hydroxylation sites is 1. The number of anilines is 1. The molecule has 6 nitrogen and oxygen atoms in total. The molecule has 0 unspecified atom stereocenters. The highest BCUT2D eigenvalue weighted by Gasteiger charge is 2.11. The molecule has 0 spiro atoms. The molecule has 0 atom stereocenters. The Morgan fingerprint density at radius 2 is 1.95 bits per heavy atom. The second-order valence-electron chi connectivity index (χ2n) is 4.28. The number of nitro benzene ring substituents is 1. The van der Waals surface area contributed by atoms with Gasteiger partial charge in [-0.25, -0.2) is 9.97 Å². The molecule has 1 heterocycles. The number of benzene rings is 2. The number of nitro groups is 1. The molecule has 0 radical (unpaired) electrons. The average Bonchev–Trinajstić information content (AvgIpc) is 2.49. The third-order valence-electron chi connectivity index (χ3n) is 2.92. The Morgan fingerprint density at radius 3 is 2.71 bits per heavy atom. The van der Waals surface area contributed by atoms with Gasteiger partial charge >= 0.3 is 0 Å². The minimum Gasteiger partial charge on any atom is -0.398 e. The van der Waals surface area contributed by atoms with Crippen LogP contribution < -0.4 is 5.73 Å². The van der Waals surface area contributed by atoms with Crippen molar-refractivity contribution in [2.75, 3.05) is 5.73 Å². The lowest BCUT2D eigenvalue weighted by molar-refractivity contribution is -0.384. The van der Waals surface area contributed by atoms with Crippen LogP contribution >= 0.6 is 11.8 Å². The van der Waals surface area contributed by atoms with Gasteiger partial charge in [-0.05, 0) is 12.1 Å². The van der Waals surface area contributed by atoms with Crippen LogP contribution in [0, 0.1) is 10.1 Å². The van der Waals surface area contributed by atoms with Crippen molar-refractivity contribution in [2.45, 2.75) is 9.92 Å². The summed E-state index contributed by atoms with van der Waals surface area (Å²) in [7, 11) is 0. The normalized spacial score (nSPS) is 10.7. The maximum Gasteiger partial charge on any atom is 0.271 e. The zero-order chi connectivity index (χ0) is 14.8. The van der Waals surface area contributed by atoms with Gasteiger partial charge in [-0.2, -0.15) is 0 Å². The van der Waals surface area contributed by atoms with Crippen LogP contribution in [0.3, 0.4) is 0 Å². The van der Waals surface area contributed by atoms with Crippen molar-refractivity contribution >= 4 is 34.0 Å². The van der Waals surface area contributed by atoms with E-state index in [4.69, 9.17) is 5.73 Å². The highest BCUT2D eigenvalue weighted by Crippen LogP contribution is 2.35. The Bertz CT molecular complexity index is 833. The summed E-state index contributed by atoms with van der Waals surface area (Å²) in [4.78, 5) is 19.4. The number of aromatic nitrogens is 2. The van der Waals surface area contributed by atoms with Gasteiger partial charge in [-0.1, -0.05) is 30.0 Å². The van der Waals surface area contributed by atoms with Crippen molar-refractivity contribution < 1.29 is 4.92 Å². The first-order chi connectivity index (χ1) is 10.1. The second kappa shape index (κ2) is 5.37. The van der Waals surface area contributed by atoms with Crippen LogP contribution in [0.25, 0.3) is 10.9 Å². The van der Waals surface area contributed by atoms with Gasteiger partial charge in [-0.3, -0.25) is 10.1 Å². The summed E-state index contributed by atoms with van der Waals surface area (Å²) < 4.78 is 0. The third kappa shape index (κ3) is 2.63. The Morgan fingerprint density at radius 1 is 1.14 bits per heavy atom.